The lowest BCUT2D eigenvalue weighted by atomic mass is 9.46. The molecule has 0 N–H and O–H groups in total. The summed E-state index contributed by atoms with van der Waals surface area (Å²) >= 11 is 0. The van der Waals surface area contributed by atoms with Gasteiger partial charge in [-0.25, -0.2) is 0 Å². The summed E-state index contributed by atoms with van der Waals surface area (Å²) in [6, 6.07) is 0. The van der Waals surface area contributed by atoms with Gasteiger partial charge in [-0.05, 0) is 68.1 Å². The SMILES string of the molecule is [CH2]C12CC3CC(CC(C3)C1C)C2. The largest absolute Gasteiger partial charge is 0.0617 e. The standard InChI is InChI=1S/C12H19/c1-8-11-4-9-3-10(5-11)7-12(8,2)6-9/h8-11H,2-7H2,1H3. The summed E-state index contributed by atoms with van der Waals surface area (Å²) in [5.41, 5.74) is 0.509. The summed E-state index contributed by atoms with van der Waals surface area (Å²) in [6.45, 7) is 6.96. The molecule has 0 spiro atoms. The average Bonchev–Trinajstić information content (AvgIpc) is 1.98. The van der Waals surface area contributed by atoms with Gasteiger partial charge in [0.1, 0.15) is 0 Å². The van der Waals surface area contributed by atoms with Gasteiger partial charge in [-0.1, -0.05) is 6.92 Å². The van der Waals surface area contributed by atoms with E-state index < -0.39 is 0 Å². The lowest BCUT2D eigenvalue weighted by Crippen LogP contribution is -2.50. The van der Waals surface area contributed by atoms with Gasteiger partial charge in [0.25, 0.3) is 0 Å². The molecule has 12 heavy (non-hydrogen) atoms. The van der Waals surface area contributed by atoms with Crippen LogP contribution >= 0.6 is 0 Å². The second-order valence-corrected chi connectivity index (χ2v) is 5.76. The fourth-order valence-electron chi connectivity index (χ4n) is 4.46. The van der Waals surface area contributed by atoms with Crippen molar-refractivity contribution in [2.45, 2.75) is 39.0 Å². The van der Waals surface area contributed by atoms with Gasteiger partial charge >= 0.3 is 0 Å². The van der Waals surface area contributed by atoms with Crippen molar-refractivity contribution in [3.63, 3.8) is 0 Å². The molecule has 1 radical (unpaired) electrons. The fraction of sp³-hybridized carbons (Fsp3) is 0.917. The van der Waals surface area contributed by atoms with Crippen molar-refractivity contribution in [3.05, 3.63) is 6.92 Å². The van der Waals surface area contributed by atoms with Crippen LogP contribution in [-0.2, 0) is 0 Å². The maximum Gasteiger partial charge on any atom is -0.0264 e. The second-order valence-electron chi connectivity index (χ2n) is 5.76. The molecule has 4 bridgehead atoms. The molecule has 0 aromatic carbocycles. The van der Waals surface area contributed by atoms with Gasteiger partial charge in [0.15, 0.2) is 0 Å². The molecular formula is C12H19. The number of hydrogen-bond donors (Lipinski definition) is 0. The smallest absolute Gasteiger partial charge is 0.0264 e. The van der Waals surface area contributed by atoms with E-state index in [2.05, 4.69) is 13.8 Å². The van der Waals surface area contributed by atoms with Crippen molar-refractivity contribution >= 4 is 0 Å². The fourth-order valence-corrected chi connectivity index (χ4v) is 4.46. The van der Waals surface area contributed by atoms with E-state index in [1.54, 1.807) is 6.42 Å². The minimum absolute atomic E-state index is 0.509. The molecule has 0 heterocycles. The Kier molecular flexibility index (Phi) is 1.28. The highest BCUT2D eigenvalue weighted by Gasteiger charge is 2.52. The molecule has 3 atom stereocenters. The van der Waals surface area contributed by atoms with Crippen LogP contribution < -0.4 is 0 Å². The molecule has 0 aromatic rings. The van der Waals surface area contributed by atoms with Crippen LogP contribution in [0.15, 0.2) is 0 Å². The summed E-state index contributed by atoms with van der Waals surface area (Å²) in [5.74, 6) is 4.10. The van der Waals surface area contributed by atoms with Crippen LogP contribution in [0, 0.1) is 36.0 Å². The van der Waals surface area contributed by atoms with Crippen molar-refractivity contribution in [3.8, 4) is 0 Å². The van der Waals surface area contributed by atoms with Crippen LogP contribution in [0.3, 0.4) is 0 Å². The molecule has 4 fully saturated rings. The van der Waals surface area contributed by atoms with E-state index in [-0.39, 0.29) is 0 Å². The van der Waals surface area contributed by atoms with E-state index in [9.17, 15) is 0 Å². The van der Waals surface area contributed by atoms with E-state index in [4.69, 9.17) is 0 Å². The molecule has 4 saturated carbocycles. The first-order chi connectivity index (χ1) is 5.67. The quantitative estimate of drug-likeness (QED) is 0.514. The Morgan fingerprint density at radius 2 is 1.67 bits per heavy atom. The Balaban J connectivity index is 1.97. The van der Waals surface area contributed by atoms with E-state index in [0.717, 1.165) is 23.7 Å². The van der Waals surface area contributed by atoms with Gasteiger partial charge in [0, 0.05) is 0 Å². The van der Waals surface area contributed by atoms with E-state index in [1.165, 1.54) is 25.7 Å². The van der Waals surface area contributed by atoms with Crippen LogP contribution in [0.25, 0.3) is 0 Å². The van der Waals surface area contributed by atoms with Crippen LogP contribution in [0.4, 0.5) is 0 Å². The number of hydrogen-bond acceptors (Lipinski definition) is 0. The zero-order chi connectivity index (χ0) is 8.34. The Morgan fingerprint density at radius 3 is 2.17 bits per heavy atom. The molecule has 0 aromatic heterocycles. The predicted octanol–water partition coefficient (Wildman–Crippen LogP) is 3.28. The molecule has 0 aliphatic heterocycles. The molecule has 4 rings (SSSR count). The Morgan fingerprint density at radius 1 is 1.08 bits per heavy atom. The third kappa shape index (κ3) is 0.791. The minimum atomic E-state index is 0.509. The lowest BCUT2D eigenvalue weighted by molar-refractivity contribution is -0.0750. The van der Waals surface area contributed by atoms with Crippen molar-refractivity contribution in [2.75, 3.05) is 0 Å². The Hall–Kier alpha value is 0. The molecule has 0 amide bonds. The molecule has 0 heteroatoms. The predicted molar refractivity (Wildman–Crippen MR) is 50.5 cm³/mol. The van der Waals surface area contributed by atoms with Gasteiger partial charge < -0.3 is 0 Å². The summed E-state index contributed by atoms with van der Waals surface area (Å²) in [4.78, 5) is 0. The summed E-state index contributed by atoms with van der Waals surface area (Å²) in [6.07, 6.45) is 7.51. The van der Waals surface area contributed by atoms with Crippen molar-refractivity contribution in [1.82, 2.24) is 0 Å². The molecule has 4 aliphatic carbocycles. The van der Waals surface area contributed by atoms with E-state index in [1.807, 2.05) is 0 Å². The van der Waals surface area contributed by atoms with Crippen LogP contribution in [0.5, 0.6) is 0 Å². The molecule has 0 nitrogen and oxygen atoms in total. The maximum atomic E-state index is 4.51. The molecule has 4 aliphatic rings. The van der Waals surface area contributed by atoms with Crippen molar-refractivity contribution in [1.29, 1.82) is 0 Å². The minimum Gasteiger partial charge on any atom is -0.0617 e. The van der Waals surface area contributed by atoms with Crippen LogP contribution in [0.1, 0.15) is 39.0 Å². The number of rotatable bonds is 0. The van der Waals surface area contributed by atoms with Gasteiger partial charge in [-0.3, -0.25) is 0 Å². The highest BCUT2D eigenvalue weighted by atomic mass is 14.6. The molecular weight excluding hydrogens is 144 g/mol. The molecule has 67 valence electrons. The zero-order valence-corrected chi connectivity index (χ0v) is 8.05. The van der Waals surface area contributed by atoms with Gasteiger partial charge in [-0.2, -0.15) is 0 Å². The second kappa shape index (κ2) is 2.08. The van der Waals surface area contributed by atoms with Crippen LogP contribution in [-0.4, -0.2) is 0 Å². The van der Waals surface area contributed by atoms with Crippen LogP contribution in [0.2, 0.25) is 0 Å². The average molecular weight is 163 g/mol. The van der Waals surface area contributed by atoms with Gasteiger partial charge in [-0.15, -0.1) is 0 Å². The Labute approximate surface area is 75.7 Å². The highest BCUT2D eigenvalue weighted by molar-refractivity contribution is 5.05. The van der Waals surface area contributed by atoms with Gasteiger partial charge in [0.05, 0.1) is 0 Å². The first-order valence-corrected chi connectivity index (χ1v) is 5.53. The monoisotopic (exact) mass is 163 g/mol. The van der Waals surface area contributed by atoms with Crippen molar-refractivity contribution in [2.24, 2.45) is 29.1 Å². The molecule has 0 saturated heterocycles. The Bertz CT molecular complexity index is 192. The zero-order valence-electron chi connectivity index (χ0n) is 8.05. The topological polar surface area (TPSA) is 0 Å². The first-order valence-electron chi connectivity index (χ1n) is 5.53. The third-order valence-corrected chi connectivity index (χ3v) is 5.00. The first kappa shape index (κ1) is 7.41. The highest BCUT2D eigenvalue weighted by Crippen LogP contribution is 2.62. The normalized spacial score (nSPS) is 62.5. The third-order valence-electron chi connectivity index (χ3n) is 5.00. The summed E-state index contributed by atoms with van der Waals surface area (Å²) < 4.78 is 0. The summed E-state index contributed by atoms with van der Waals surface area (Å²) in [5, 5.41) is 0. The maximum absolute atomic E-state index is 4.51. The van der Waals surface area contributed by atoms with Crippen molar-refractivity contribution < 1.29 is 0 Å². The van der Waals surface area contributed by atoms with E-state index in [0.29, 0.717) is 5.41 Å². The lowest BCUT2D eigenvalue weighted by Gasteiger charge is -2.59. The molecule has 3 unspecified atom stereocenters. The van der Waals surface area contributed by atoms with Gasteiger partial charge in [0.2, 0.25) is 0 Å². The van der Waals surface area contributed by atoms with E-state index >= 15 is 0 Å². The summed E-state index contributed by atoms with van der Waals surface area (Å²) in [7, 11) is 0.